The summed E-state index contributed by atoms with van der Waals surface area (Å²) >= 11 is 0. The van der Waals surface area contributed by atoms with E-state index in [0.717, 1.165) is 25.7 Å². The standard InChI is InChI=1S/C14H30N2O/c1-6-14(3,4)15-11-12(2)16(9-10-17-5)13-7-8-13/h12-13,15H,6-11H2,1-5H3. The molecule has 1 fully saturated rings. The van der Waals surface area contributed by atoms with Gasteiger partial charge in [0.1, 0.15) is 0 Å². The van der Waals surface area contributed by atoms with Crippen LogP contribution in [0.5, 0.6) is 0 Å². The predicted molar refractivity (Wildman–Crippen MR) is 73.4 cm³/mol. The van der Waals surface area contributed by atoms with Crippen LogP contribution in [0.3, 0.4) is 0 Å². The Morgan fingerprint density at radius 1 is 1.41 bits per heavy atom. The van der Waals surface area contributed by atoms with Crippen molar-refractivity contribution in [3.8, 4) is 0 Å². The third-order valence-corrected chi connectivity index (χ3v) is 3.90. The number of rotatable bonds is 9. The van der Waals surface area contributed by atoms with Crippen molar-refractivity contribution in [1.82, 2.24) is 10.2 Å². The van der Waals surface area contributed by atoms with Gasteiger partial charge in [0, 0.05) is 37.8 Å². The summed E-state index contributed by atoms with van der Waals surface area (Å²) in [6.07, 6.45) is 3.90. The molecular formula is C14H30N2O. The average Bonchev–Trinajstić information content (AvgIpc) is 3.11. The molecule has 3 heteroatoms. The largest absolute Gasteiger partial charge is 0.383 e. The SMILES string of the molecule is CCC(C)(C)NCC(C)N(CCOC)C1CC1. The first-order valence-electron chi connectivity index (χ1n) is 7.00. The van der Waals surface area contributed by atoms with Crippen molar-refractivity contribution in [2.24, 2.45) is 0 Å². The first kappa shape index (κ1) is 14.9. The van der Waals surface area contributed by atoms with Crippen LogP contribution in [-0.4, -0.2) is 49.3 Å². The number of methoxy groups -OCH3 is 1. The fourth-order valence-electron chi connectivity index (χ4n) is 2.03. The van der Waals surface area contributed by atoms with Gasteiger partial charge in [-0.1, -0.05) is 6.92 Å². The number of hydrogen-bond acceptors (Lipinski definition) is 3. The molecule has 0 spiro atoms. The Labute approximate surface area is 107 Å². The first-order chi connectivity index (χ1) is 8.00. The smallest absolute Gasteiger partial charge is 0.0589 e. The maximum absolute atomic E-state index is 5.20. The lowest BCUT2D eigenvalue weighted by Crippen LogP contribution is -2.48. The van der Waals surface area contributed by atoms with Crippen LogP contribution in [-0.2, 0) is 4.74 Å². The molecule has 17 heavy (non-hydrogen) atoms. The summed E-state index contributed by atoms with van der Waals surface area (Å²) in [5.41, 5.74) is 0.255. The van der Waals surface area contributed by atoms with Crippen LogP contribution in [0.2, 0.25) is 0 Å². The quantitative estimate of drug-likeness (QED) is 0.671. The van der Waals surface area contributed by atoms with Crippen LogP contribution in [0.4, 0.5) is 0 Å². The van der Waals surface area contributed by atoms with E-state index in [2.05, 4.69) is 37.9 Å². The van der Waals surface area contributed by atoms with Crippen molar-refractivity contribution in [2.75, 3.05) is 26.8 Å². The van der Waals surface area contributed by atoms with Crippen molar-refractivity contribution in [3.63, 3.8) is 0 Å². The zero-order valence-corrected chi connectivity index (χ0v) is 12.3. The second-order valence-electron chi connectivity index (χ2n) is 5.93. The average molecular weight is 242 g/mol. The van der Waals surface area contributed by atoms with Gasteiger partial charge in [0.2, 0.25) is 0 Å². The highest BCUT2D eigenvalue weighted by Crippen LogP contribution is 2.28. The maximum Gasteiger partial charge on any atom is 0.0589 e. The lowest BCUT2D eigenvalue weighted by atomic mass is 10.0. The van der Waals surface area contributed by atoms with Gasteiger partial charge in [0.15, 0.2) is 0 Å². The van der Waals surface area contributed by atoms with E-state index in [9.17, 15) is 0 Å². The molecule has 1 saturated carbocycles. The molecule has 102 valence electrons. The number of ether oxygens (including phenoxy) is 1. The Bertz CT molecular complexity index is 214. The summed E-state index contributed by atoms with van der Waals surface area (Å²) < 4.78 is 5.20. The first-order valence-corrected chi connectivity index (χ1v) is 7.00. The number of nitrogens with one attached hydrogen (secondary N) is 1. The van der Waals surface area contributed by atoms with E-state index in [0.29, 0.717) is 6.04 Å². The normalized spacial score (nSPS) is 18.7. The summed E-state index contributed by atoms with van der Waals surface area (Å²) in [4.78, 5) is 2.60. The van der Waals surface area contributed by atoms with E-state index in [-0.39, 0.29) is 5.54 Å². The fraction of sp³-hybridized carbons (Fsp3) is 1.00. The zero-order chi connectivity index (χ0) is 12.9. The summed E-state index contributed by atoms with van der Waals surface area (Å²) in [5.74, 6) is 0. The molecule has 0 amide bonds. The van der Waals surface area contributed by atoms with E-state index in [4.69, 9.17) is 4.74 Å². The monoisotopic (exact) mass is 242 g/mol. The van der Waals surface area contributed by atoms with Gasteiger partial charge in [-0.3, -0.25) is 4.90 Å². The van der Waals surface area contributed by atoms with Crippen LogP contribution in [0.15, 0.2) is 0 Å². The van der Waals surface area contributed by atoms with Gasteiger partial charge in [-0.05, 0) is 40.0 Å². The summed E-state index contributed by atoms with van der Waals surface area (Å²) in [5, 5.41) is 3.67. The summed E-state index contributed by atoms with van der Waals surface area (Å²) in [6, 6.07) is 1.41. The fourth-order valence-corrected chi connectivity index (χ4v) is 2.03. The molecule has 0 radical (unpaired) electrons. The van der Waals surface area contributed by atoms with Crippen LogP contribution < -0.4 is 5.32 Å². The molecule has 1 rings (SSSR count). The predicted octanol–water partition coefficient (Wildman–Crippen LogP) is 2.26. The van der Waals surface area contributed by atoms with Gasteiger partial charge in [-0.25, -0.2) is 0 Å². The molecule has 3 nitrogen and oxygen atoms in total. The maximum atomic E-state index is 5.20. The van der Waals surface area contributed by atoms with E-state index >= 15 is 0 Å². The lowest BCUT2D eigenvalue weighted by molar-refractivity contribution is 0.115. The summed E-state index contributed by atoms with van der Waals surface area (Å²) in [7, 11) is 1.79. The van der Waals surface area contributed by atoms with Crippen molar-refractivity contribution < 1.29 is 4.74 Å². The number of hydrogen-bond donors (Lipinski definition) is 1. The van der Waals surface area contributed by atoms with Crippen molar-refractivity contribution in [2.45, 2.75) is 64.6 Å². The van der Waals surface area contributed by atoms with Gasteiger partial charge < -0.3 is 10.1 Å². The Hall–Kier alpha value is -0.120. The van der Waals surface area contributed by atoms with Gasteiger partial charge in [-0.2, -0.15) is 0 Å². The van der Waals surface area contributed by atoms with Crippen molar-refractivity contribution in [3.05, 3.63) is 0 Å². The molecule has 1 aliphatic carbocycles. The molecule has 1 unspecified atom stereocenters. The van der Waals surface area contributed by atoms with Gasteiger partial charge in [0.25, 0.3) is 0 Å². The van der Waals surface area contributed by atoms with Crippen LogP contribution in [0, 0.1) is 0 Å². The minimum Gasteiger partial charge on any atom is -0.383 e. The number of nitrogens with zero attached hydrogens (tertiary/aromatic N) is 1. The van der Waals surface area contributed by atoms with Crippen LogP contribution >= 0.6 is 0 Å². The van der Waals surface area contributed by atoms with Crippen molar-refractivity contribution >= 4 is 0 Å². The second kappa shape index (κ2) is 6.72. The molecule has 0 bridgehead atoms. The van der Waals surface area contributed by atoms with Crippen LogP contribution in [0.1, 0.15) is 47.0 Å². The molecule has 0 aliphatic heterocycles. The molecule has 1 atom stereocenters. The minimum absolute atomic E-state index is 0.255. The van der Waals surface area contributed by atoms with Gasteiger partial charge in [0.05, 0.1) is 6.61 Å². The highest BCUT2D eigenvalue weighted by molar-refractivity contribution is 4.89. The van der Waals surface area contributed by atoms with Gasteiger partial charge >= 0.3 is 0 Å². The second-order valence-corrected chi connectivity index (χ2v) is 5.93. The third kappa shape index (κ3) is 5.36. The zero-order valence-electron chi connectivity index (χ0n) is 12.3. The molecule has 0 aromatic carbocycles. The van der Waals surface area contributed by atoms with E-state index < -0.39 is 0 Å². The molecule has 0 heterocycles. The highest BCUT2D eigenvalue weighted by Gasteiger charge is 2.32. The Balaban J connectivity index is 2.34. The summed E-state index contributed by atoms with van der Waals surface area (Å²) in [6.45, 7) is 12.1. The van der Waals surface area contributed by atoms with E-state index in [1.54, 1.807) is 7.11 Å². The van der Waals surface area contributed by atoms with E-state index in [1.165, 1.54) is 19.3 Å². The van der Waals surface area contributed by atoms with E-state index in [1.807, 2.05) is 0 Å². The lowest BCUT2D eigenvalue weighted by Gasteiger charge is -2.33. The molecule has 1 aliphatic rings. The topological polar surface area (TPSA) is 24.5 Å². The molecule has 0 aromatic rings. The Morgan fingerprint density at radius 3 is 2.53 bits per heavy atom. The van der Waals surface area contributed by atoms with Crippen LogP contribution in [0.25, 0.3) is 0 Å². The molecule has 0 saturated heterocycles. The minimum atomic E-state index is 0.255. The third-order valence-electron chi connectivity index (χ3n) is 3.90. The molecule has 0 aromatic heterocycles. The Morgan fingerprint density at radius 2 is 2.06 bits per heavy atom. The molecular weight excluding hydrogens is 212 g/mol. The Kier molecular flexibility index (Phi) is 5.90. The highest BCUT2D eigenvalue weighted by atomic mass is 16.5. The van der Waals surface area contributed by atoms with Gasteiger partial charge in [-0.15, -0.1) is 0 Å². The molecule has 1 N–H and O–H groups in total. The van der Waals surface area contributed by atoms with Crippen molar-refractivity contribution in [1.29, 1.82) is 0 Å².